The highest BCUT2D eigenvalue weighted by Crippen LogP contribution is 2.13. The molecule has 0 saturated heterocycles. The first-order valence-electron chi connectivity index (χ1n) is 4.19. The minimum Gasteiger partial charge on any atom is -0.481 e. The van der Waals surface area contributed by atoms with Gasteiger partial charge in [-0.15, -0.1) is 17.0 Å². The van der Waals surface area contributed by atoms with Crippen LogP contribution in [0.2, 0.25) is 0 Å². The summed E-state index contributed by atoms with van der Waals surface area (Å²) in [6, 6.07) is 6.95. The molecule has 0 spiro atoms. The van der Waals surface area contributed by atoms with Gasteiger partial charge in [-0.3, -0.25) is 4.79 Å². The molecule has 0 unspecified atom stereocenters. The SMILES string of the molecule is Br.CC(N)=Nc1ccc(CC(=O)O)cc1. The van der Waals surface area contributed by atoms with E-state index in [9.17, 15) is 4.79 Å². The van der Waals surface area contributed by atoms with Crippen LogP contribution in [0.25, 0.3) is 0 Å². The summed E-state index contributed by atoms with van der Waals surface area (Å²) in [5.41, 5.74) is 6.89. The number of carboxylic acid groups (broad SMARTS) is 1. The van der Waals surface area contributed by atoms with E-state index in [-0.39, 0.29) is 23.4 Å². The number of nitrogens with two attached hydrogens (primary N) is 1. The number of carbonyl (C=O) groups is 1. The van der Waals surface area contributed by atoms with Crippen LogP contribution in [0.5, 0.6) is 0 Å². The first kappa shape index (κ1) is 13.6. The summed E-state index contributed by atoms with van der Waals surface area (Å²) in [4.78, 5) is 14.4. The van der Waals surface area contributed by atoms with Crippen molar-refractivity contribution in [3.8, 4) is 0 Å². The minimum atomic E-state index is -0.837. The van der Waals surface area contributed by atoms with Crippen molar-refractivity contribution in [2.24, 2.45) is 10.7 Å². The fraction of sp³-hybridized carbons (Fsp3) is 0.200. The molecule has 82 valence electrons. The standard InChI is InChI=1S/C10H12N2O2.BrH/c1-7(11)12-9-4-2-8(3-5-9)6-10(13)14;/h2-5H,6H2,1H3,(H2,11,12)(H,13,14);1H. The third-order valence-electron chi connectivity index (χ3n) is 1.60. The molecule has 4 nitrogen and oxygen atoms in total. The van der Waals surface area contributed by atoms with Crippen LogP contribution in [0.3, 0.4) is 0 Å². The summed E-state index contributed by atoms with van der Waals surface area (Å²) in [5.74, 6) is -0.354. The summed E-state index contributed by atoms with van der Waals surface area (Å²) < 4.78 is 0. The molecule has 0 amide bonds. The topological polar surface area (TPSA) is 75.7 Å². The number of nitrogens with zero attached hydrogens (tertiary/aromatic N) is 1. The number of aliphatic imine (C=N–C) groups is 1. The molecule has 0 saturated carbocycles. The Bertz CT molecular complexity index is 356. The quantitative estimate of drug-likeness (QED) is 0.652. The lowest BCUT2D eigenvalue weighted by Gasteiger charge is -1.98. The van der Waals surface area contributed by atoms with Crippen LogP contribution < -0.4 is 5.73 Å². The van der Waals surface area contributed by atoms with E-state index in [1.54, 1.807) is 31.2 Å². The van der Waals surface area contributed by atoms with E-state index in [1.165, 1.54) is 0 Å². The highest BCUT2D eigenvalue weighted by Gasteiger charge is 1.99. The maximum Gasteiger partial charge on any atom is 0.307 e. The first-order chi connectivity index (χ1) is 6.58. The van der Waals surface area contributed by atoms with Crippen LogP contribution in [0, 0.1) is 0 Å². The zero-order chi connectivity index (χ0) is 10.6. The molecule has 1 aromatic carbocycles. The van der Waals surface area contributed by atoms with Gasteiger partial charge in [0, 0.05) is 0 Å². The molecule has 1 rings (SSSR count). The molecule has 0 heterocycles. The Labute approximate surface area is 98.6 Å². The number of carboxylic acids is 1. The number of hydrogen-bond acceptors (Lipinski definition) is 2. The third kappa shape index (κ3) is 5.17. The molecular formula is C10H13BrN2O2. The van der Waals surface area contributed by atoms with E-state index < -0.39 is 5.97 Å². The van der Waals surface area contributed by atoms with Gasteiger partial charge in [0.05, 0.1) is 17.9 Å². The van der Waals surface area contributed by atoms with Gasteiger partial charge in [0.25, 0.3) is 0 Å². The summed E-state index contributed by atoms with van der Waals surface area (Å²) in [5, 5.41) is 8.53. The fourth-order valence-electron chi connectivity index (χ4n) is 1.07. The Morgan fingerprint density at radius 1 is 1.40 bits per heavy atom. The molecule has 0 bridgehead atoms. The predicted molar refractivity (Wildman–Crippen MR) is 65.1 cm³/mol. The van der Waals surface area contributed by atoms with Crippen LogP contribution in [-0.4, -0.2) is 16.9 Å². The van der Waals surface area contributed by atoms with E-state index in [4.69, 9.17) is 10.8 Å². The van der Waals surface area contributed by atoms with Crippen molar-refractivity contribution < 1.29 is 9.90 Å². The Morgan fingerprint density at radius 3 is 2.33 bits per heavy atom. The summed E-state index contributed by atoms with van der Waals surface area (Å²) in [7, 11) is 0. The zero-order valence-electron chi connectivity index (χ0n) is 8.30. The van der Waals surface area contributed by atoms with E-state index in [1.807, 2.05) is 0 Å². The molecule has 0 atom stereocenters. The average Bonchev–Trinajstić information content (AvgIpc) is 2.06. The molecule has 0 radical (unpaired) electrons. The van der Waals surface area contributed by atoms with E-state index in [0.29, 0.717) is 5.84 Å². The number of halogens is 1. The van der Waals surface area contributed by atoms with Crippen molar-refractivity contribution in [2.75, 3.05) is 0 Å². The molecule has 15 heavy (non-hydrogen) atoms. The summed E-state index contributed by atoms with van der Waals surface area (Å²) >= 11 is 0. The molecule has 0 fully saturated rings. The van der Waals surface area contributed by atoms with Gasteiger partial charge in [-0.1, -0.05) is 12.1 Å². The normalized spacial score (nSPS) is 10.6. The Hall–Kier alpha value is -1.36. The molecule has 0 aromatic heterocycles. The van der Waals surface area contributed by atoms with Crippen molar-refractivity contribution in [1.29, 1.82) is 0 Å². The van der Waals surface area contributed by atoms with Crippen LogP contribution >= 0.6 is 17.0 Å². The third-order valence-corrected chi connectivity index (χ3v) is 1.60. The van der Waals surface area contributed by atoms with E-state index in [0.717, 1.165) is 11.3 Å². The van der Waals surface area contributed by atoms with Crippen LogP contribution in [-0.2, 0) is 11.2 Å². The number of aliphatic carboxylic acids is 1. The fourth-order valence-corrected chi connectivity index (χ4v) is 1.07. The molecule has 0 aliphatic rings. The number of benzene rings is 1. The highest BCUT2D eigenvalue weighted by atomic mass is 79.9. The second kappa shape index (κ2) is 6.19. The van der Waals surface area contributed by atoms with E-state index in [2.05, 4.69) is 4.99 Å². The van der Waals surface area contributed by atoms with Gasteiger partial charge in [0.2, 0.25) is 0 Å². The van der Waals surface area contributed by atoms with Crippen LogP contribution in [0.1, 0.15) is 12.5 Å². The zero-order valence-corrected chi connectivity index (χ0v) is 10.0. The number of rotatable bonds is 3. The van der Waals surface area contributed by atoms with Gasteiger partial charge in [-0.2, -0.15) is 0 Å². The molecule has 3 N–H and O–H groups in total. The minimum absolute atomic E-state index is 0. The molecule has 0 aliphatic carbocycles. The van der Waals surface area contributed by atoms with Crippen molar-refractivity contribution in [3.63, 3.8) is 0 Å². The monoisotopic (exact) mass is 272 g/mol. The lowest BCUT2D eigenvalue weighted by Crippen LogP contribution is -2.03. The molecule has 0 aliphatic heterocycles. The molecular weight excluding hydrogens is 260 g/mol. The smallest absolute Gasteiger partial charge is 0.307 e. The predicted octanol–water partition coefficient (Wildman–Crippen LogP) is 1.90. The largest absolute Gasteiger partial charge is 0.481 e. The Morgan fingerprint density at radius 2 is 1.93 bits per heavy atom. The molecule has 1 aromatic rings. The van der Waals surface area contributed by atoms with Crippen molar-refractivity contribution >= 4 is 34.5 Å². The summed E-state index contributed by atoms with van der Waals surface area (Å²) in [6.45, 7) is 1.70. The van der Waals surface area contributed by atoms with Crippen molar-refractivity contribution in [2.45, 2.75) is 13.3 Å². The first-order valence-corrected chi connectivity index (χ1v) is 4.19. The number of hydrogen-bond donors (Lipinski definition) is 2. The molecule has 5 heteroatoms. The second-order valence-corrected chi connectivity index (χ2v) is 2.99. The highest BCUT2D eigenvalue weighted by molar-refractivity contribution is 8.93. The maximum atomic E-state index is 10.4. The lowest BCUT2D eigenvalue weighted by atomic mass is 10.1. The number of amidine groups is 1. The average molecular weight is 273 g/mol. The second-order valence-electron chi connectivity index (χ2n) is 2.99. The van der Waals surface area contributed by atoms with Gasteiger partial charge in [-0.05, 0) is 24.6 Å². The Balaban J connectivity index is 0.00000196. The van der Waals surface area contributed by atoms with Crippen molar-refractivity contribution in [1.82, 2.24) is 0 Å². The summed E-state index contributed by atoms with van der Waals surface area (Å²) in [6.07, 6.45) is 0.0333. The van der Waals surface area contributed by atoms with Crippen molar-refractivity contribution in [3.05, 3.63) is 29.8 Å². The van der Waals surface area contributed by atoms with Gasteiger partial charge >= 0.3 is 5.97 Å². The van der Waals surface area contributed by atoms with Gasteiger partial charge < -0.3 is 10.8 Å². The van der Waals surface area contributed by atoms with Gasteiger partial charge in [0.1, 0.15) is 0 Å². The van der Waals surface area contributed by atoms with Gasteiger partial charge in [0.15, 0.2) is 0 Å². The Kier molecular flexibility index (Phi) is 5.62. The van der Waals surface area contributed by atoms with Crippen LogP contribution in [0.4, 0.5) is 5.69 Å². The van der Waals surface area contributed by atoms with Gasteiger partial charge in [-0.25, -0.2) is 4.99 Å². The lowest BCUT2D eigenvalue weighted by molar-refractivity contribution is -0.136. The van der Waals surface area contributed by atoms with E-state index >= 15 is 0 Å². The maximum absolute atomic E-state index is 10.4. The van der Waals surface area contributed by atoms with Crippen LogP contribution in [0.15, 0.2) is 29.3 Å².